The fourth-order valence-electron chi connectivity index (χ4n) is 4.88. The molecule has 13 heteroatoms. The number of rotatable bonds is 6. The summed E-state index contributed by atoms with van der Waals surface area (Å²) in [4.78, 5) is 29.6. The van der Waals surface area contributed by atoms with E-state index in [0.717, 1.165) is 0 Å². The SMILES string of the molecule is COC(=O)C1CCC(n2cc(NC(=O)c3c(C4COCCN4)nn4cccnc34)c(C(F)F)n2)CC1. The van der Waals surface area contributed by atoms with Gasteiger partial charge >= 0.3 is 5.97 Å². The van der Waals surface area contributed by atoms with E-state index in [2.05, 4.69) is 25.8 Å². The van der Waals surface area contributed by atoms with Crippen LogP contribution >= 0.6 is 0 Å². The molecule has 3 aromatic rings. The van der Waals surface area contributed by atoms with Crippen LogP contribution in [0.4, 0.5) is 14.5 Å². The number of aromatic nitrogens is 5. The van der Waals surface area contributed by atoms with Gasteiger partial charge in [0.2, 0.25) is 0 Å². The molecule has 1 aliphatic carbocycles. The second kappa shape index (κ2) is 10.3. The smallest absolute Gasteiger partial charge is 0.308 e. The summed E-state index contributed by atoms with van der Waals surface area (Å²) in [5, 5.41) is 14.5. The molecule has 4 heterocycles. The first kappa shape index (κ1) is 24.3. The summed E-state index contributed by atoms with van der Waals surface area (Å²) in [6, 6.07) is 1.18. The molecule has 1 saturated heterocycles. The number of hydrogen-bond acceptors (Lipinski definition) is 8. The molecule has 5 rings (SSSR count). The van der Waals surface area contributed by atoms with Crippen LogP contribution in [-0.2, 0) is 14.3 Å². The van der Waals surface area contributed by atoms with Gasteiger partial charge in [0.15, 0.2) is 11.3 Å². The lowest BCUT2D eigenvalue weighted by Gasteiger charge is -2.27. The average Bonchev–Trinajstić information content (AvgIpc) is 3.51. The highest BCUT2D eigenvalue weighted by atomic mass is 19.3. The van der Waals surface area contributed by atoms with Crippen molar-refractivity contribution in [2.75, 3.05) is 32.2 Å². The maximum Gasteiger partial charge on any atom is 0.308 e. The first-order valence-electron chi connectivity index (χ1n) is 11.9. The number of nitrogens with one attached hydrogen (secondary N) is 2. The lowest BCUT2D eigenvalue weighted by atomic mass is 9.86. The number of esters is 1. The lowest BCUT2D eigenvalue weighted by Crippen LogP contribution is -2.36. The molecule has 2 aliphatic rings. The molecule has 1 amide bonds. The van der Waals surface area contributed by atoms with Crippen molar-refractivity contribution < 1.29 is 27.8 Å². The summed E-state index contributed by atoms with van der Waals surface area (Å²) < 4.78 is 41.1. The molecule has 36 heavy (non-hydrogen) atoms. The Morgan fingerprint density at radius 1 is 1.25 bits per heavy atom. The summed E-state index contributed by atoms with van der Waals surface area (Å²) in [6.45, 7) is 1.45. The highest BCUT2D eigenvalue weighted by Crippen LogP contribution is 2.35. The standard InChI is InChI=1S/C23H27F2N7O4/c1-35-23(34)13-3-5-14(6-4-13)32-11-15(19(30-32)20(24)25)28-22(33)17-18(16-12-36-10-8-26-16)29-31-9-2-7-27-21(17)31/h2,7,9,11,13-14,16,20,26H,3-6,8,10,12H2,1H3,(H,28,33). The number of morpholine rings is 1. The fourth-order valence-corrected chi connectivity index (χ4v) is 4.88. The predicted molar refractivity (Wildman–Crippen MR) is 123 cm³/mol. The minimum absolute atomic E-state index is 0.0702. The van der Waals surface area contributed by atoms with E-state index < -0.39 is 18.0 Å². The largest absolute Gasteiger partial charge is 0.469 e. The number of methoxy groups -OCH3 is 1. The third-order valence-corrected chi connectivity index (χ3v) is 6.72. The van der Waals surface area contributed by atoms with Gasteiger partial charge in [-0.25, -0.2) is 18.3 Å². The Balaban J connectivity index is 1.41. The highest BCUT2D eigenvalue weighted by Gasteiger charge is 2.32. The summed E-state index contributed by atoms with van der Waals surface area (Å²) in [5.74, 6) is -1.07. The molecule has 1 atom stereocenters. The van der Waals surface area contributed by atoms with Crippen LogP contribution in [0.25, 0.3) is 5.65 Å². The van der Waals surface area contributed by atoms with Gasteiger partial charge in [-0.3, -0.25) is 14.3 Å². The van der Waals surface area contributed by atoms with Crippen LogP contribution in [0.1, 0.15) is 65.9 Å². The summed E-state index contributed by atoms with van der Waals surface area (Å²) in [5.41, 5.74) is 0.343. The third-order valence-electron chi connectivity index (χ3n) is 6.72. The Kier molecular flexibility index (Phi) is 6.92. The molecule has 1 saturated carbocycles. The Bertz CT molecular complexity index is 1250. The summed E-state index contributed by atoms with van der Waals surface area (Å²) in [7, 11) is 1.36. The molecule has 1 aliphatic heterocycles. The van der Waals surface area contributed by atoms with E-state index in [0.29, 0.717) is 56.8 Å². The van der Waals surface area contributed by atoms with Crippen molar-refractivity contribution >= 4 is 23.2 Å². The van der Waals surface area contributed by atoms with Crippen LogP contribution < -0.4 is 10.6 Å². The van der Waals surface area contributed by atoms with Gasteiger partial charge in [0, 0.05) is 25.1 Å². The van der Waals surface area contributed by atoms with Gasteiger partial charge < -0.3 is 20.1 Å². The van der Waals surface area contributed by atoms with Gasteiger partial charge in [0.25, 0.3) is 12.3 Å². The zero-order valence-electron chi connectivity index (χ0n) is 19.7. The van der Waals surface area contributed by atoms with Crippen molar-refractivity contribution in [1.82, 2.24) is 29.7 Å². The van der Waals surface area contributed by atoms with E-state index in [1.165, 1.54) is 28.7 Å². The minimum atomic E-state index is -2.89. The van der Waals surface area contributed by atoms with Crippen molar-refractivity contribution in [3.63, 3.8) is 0 Å². The first-order valence-corrected chi connectivity index (χ1v) is 11.9. The fraction of sp³-hybridized carbons (Fsp3) is 0.522. The number of carbonyl (C=O) groups is 2. The molecule has 0 radical (unpaired) electrons. The zero-order valence-corrected chi connectivity index (χ0v) is 19.7. The van der Waals surface area contributed by atoms with Crippen LogP contribution in [0.15, 0.2) is 24.7 Å². The molecular formula is C23H27F2N7O4. The van der Waals surface area contributed by atoms with E-state index in [4.69, 9.17) is 9.47 Å². The van der Waals surface area contributed by atoms with Gasteiger partial charge in [-0.2, -0.15) is 10.2 Å². The van der Waals surface area contributed by atoms with Crippen LogP contribution in [-0.4, -0.2) is 63.1 Å². The zero-order chi connectivity index (χ0) is 25.2. The molecule has 0 bridgehead atoms. The Morgan fingerprint density at radius 2 is 2.06 bits per heavy atom. The lowest BCUT2D eigenvalue weighted by molar-refractivity contribution is -0.146. The maximum atomic E-state index is 13.9. The Hall–Kier alpha value is -3.45. The molecule has 2 N–H and O–H groups in total. The van der Waals surface area contributed by atoms with E-state index in [1.54, 1.807) is 12.3 Å². The van der Waals surface area contributed by atoms with Crippen LogP contribution in [0.2, 0.25) is 0 Å². The molecule has 192 valence electrons. The topological polar surface area (TPSA) is 125 Å². The highest BCUT2D eigenvalue weighted by molar-refractivity contribution is 6.09. The monoisotopic (exact) mass is 503 g/mol. The van der Waals surface area contributed by atoms with Gasteiger partial charge in [-0.05, 0) is 31.7 Å². The van der Waals surface area contributed by atoms with E-state index >= 15 is 0 Å². The number of alkyl halides is 2. The molecule has 0 aromatic carbocycles. The third kappa shape index (κ3) is 4.67. The number of carbonyl (C=O) groups excluding carboxylic acids is 2. The van der Waals surface area contributed by atoms with E-state index in [9.17, 15) is 18.4 Å². The van der Waals surface area contributed by atoms with Crippen molar-refractivity contribution in [3.05, 3.63) is 41.6 Å². The van der Waals surface area contributed by atoms with Gasteiger partial charge in [-0.1, -0.05) is 0 Å². The van der Waals surface area contributed by atoms with Crippen LogP contribution in [0.5, 0.6) is 0 Å². The van der Waals surface area contributed by atoms with Crippen molar-refractivity contribution in [3.8, 4) is 0 Å². The molecule has 0 spiro atoms. The summed E-state index contributed by atoms with van der Waals surface area (Å²) >= 11 is 0. The number of anilines is 1. The number of nitrogens with zero attached hydrogens (tertiary/aromatic N) is 5. The number of amides is 1. The minimum Gasteiger partial charge on any atom is -0.469 e. The maximum absolute atomic E-state index is 13.9. The second-order valence-electron chi connectivity index (χ2n) is 8.92. The number of fused-ring (bicyclic) bond motifs is 1. The van der Waals surface area contributed by atoms with E-state index in [1.807, 2.05) is 0 Å². The molecular weight excluding hydrogens is 476 g/mol. The van der Waals surface area contributed by atoms with E-state index in [-0.39, 0.29) is 35.2 Å². The molecule has 11 nitrogen and oxygen atoms in total. The average molecular weight is 504 g/mol. The number of hydrogen-bond donors (Lipinski definition) is 2. The molecule has 3 aromatic heterocycles. The van der Waals surface area contributed by atoms with Crippen molar-refractivity contribution in [1.29, 1.82) is 0 Å². The first-order chi connectivity index (χ1) is 17.5. The van der Waals surface area contributed by atoms with Crippen molar-refractivity contribution in [2.24, 2.45) is 5.92 Å². The van der Waals surface area contributed by atoms with Gasteiger partial charge in [-0.15, -0.1) is 0 Å². The molecule has 2 fully saturated rings. The Labute approximate surface area is 205 Å². The normalized spacial score (nSPS) is 22.6. The van der Waals surface area contributed by atoms with Gasteiger partial charge in [0.05, 0.1) is 49.7 Å². The number of halogens is 2. The Morgan fingerprint density at radius 3 is 2.75 bits per heavy atom. The van der Waals surface area contributed by atoms with Crippen LogP contribution in [0.3, 0.4) is 0 Å². The predicted octanol–water partition coefficient (Wildman–Crippen LogP) is 2.68. The van der Waals surface area contributed by atoms with Crippen molar-refractivity contribution in [2.45, 2.75) is 44.2 Å². The molecule has 1 unspecified atom stereocenters. The van der Waals surface area contributed by atoms with Gasteiger partial charge in [0.1, 0.15) is 5.56 Å². The van der Waals surface area contributed by atoms with Crippen LogP contribution in [0, 0.1) is 5.92 Å². The quantitative estimate of drug-likeness (QED) is 0.492. The number of ether oxygens (including phenoxy) is 2. The summed E-state index contributed by atoms with van der Waals surface area (Å²) in [6.07, 6.45) is 4.09. The second-order valence-corrected chi connectivity index (χ2v) is 8.92.